The van der Waals surface area contributed by atoms with Crippen LogP contribution in [0.15, 0.2) is 66.8 Å². The molecule has 0 saturated carbocycles. The molecule has 2 N–H and O–H groups in total. The normalized spacial score (nSPS) is 11.9. The summed E-state index contributed by atoms with van der Waals surface area (Å²) in [6.45, 7) is 1.47. The summed E-state index contributed by atoms with van der Waals surface area (Å²) < 4.78 is 10.8. The molecule has 8 heteroatoms. The first-order chi connectivity index (χ1) is 28.8. The lowest BCUT2D eigenvalue weighted by atomic mass is 9.97. The third kappa shape index (κ3) is 38.3. The minimum Gasteiger partial charge on any atom is -0.481 e. The molecule has 0 bridgehead atoms. The van der Waals surface area contributed by atoms with E-state index in [-0.39, 0.29) is 6.61 Å². The number of nitrogens with zero attached hydrogens (tertiary/aromatic N) is 1. The van der Waals surface area contributed by atoms with Crippen LogP contribution in [0.4, 0.5) is 4.79 Å². The SMILES string of the molecule is CN(C)CCCOC(=O)OCc1cc(CCCCCCC=CCC=CCCCCCCCC(=O)O)cc(CCCCCCC=CCC=CCCCCCCCC(=O)O)c1. The zero-order chi connectivity index (χ0) is 42.9. The van der Waals surface area contributed by atoms with E-state index in [0.29, 0.717) is 19.4 Å². The Morgan fingerprint density at radius 1 is 0.475 bits per heavy atom. The Bertz CT molecular complexity index is 1230. The number of aryl methyl sites for hydroxylation is 2. The zero-order valence-electron chi connectivity index (χ0n) is 37.4. The molecule has 0 amide bonds. The maximum absolute atomic E-state index is 12.3. The maximum Gasteiger partial charge on any atom is 0.508 e. The molecule has 334 valence electrons. The number of aliphatic carboxylic acids is 2. The second kappa shape index (κ2) is 39.8. The van der Waals surface area contributed by atoms with E-state index in [1.807, 2.05) is 14.1 Å². The third-order valence-corrected chi connectivity index (χ3v) is 10.3. The number of carbonyl (C=O) groups is 3. The van der Waals surface area contributed by atoms with Gasteiger partial charge in [-0.3, -0.25) is 9.59 Å². The summed E-state index contributed by atoms with van der Waals surface area (Å²) in [5.41, 5.74) is 3.71. The van der Waals surface area contributed by atoms with Gasteiger partial charge in [0.1, 0.15) is 6.61 Å². The van der Waals surface area contributed by atoms with Crippen molar-refractivity contribution in [2.75, 3.05) is 27.2 Å². The number of carboxylic acids is 2. The van der Waals surface area contributed by atoms with Crippen LogP contribution in [-0.2, 0) is 38.5 Å². The number of rotatable bonds is 40. The van der Waals surface area contributed by atoms with Gasteiger partial charge in [0, 0.05) is 19.4 Å². The Balaban J connectivity index is 2.34. The van der Waals surface area contributed by atoms with E-state index in [9.17, 15) is 14.4 Å². The summed E-state index contributed by atoms with van der Waals surface area (Å²) in [5.74, 6) is -1.38. The van der Waals surface area contributed by atoms with Crippen molar-refractivity contribution in [2.45, 2.75) is 193 Å². The number of carboxylic acid groups (broad SMARTS) is 2. The molecule has 0 aliphatic rings. The third-order valence-electron chi connectivity index (χ3n) is 10.3. The van der Waals surface area contributed by atoms with Gasteiger partial charge in [-0.1, -0.05) is 131 Å². The fraction of sp³-hybridized carbons (Fsp3) is 0.667. The van der Waals surface area contributed by atoms with Crippen LogP contribution >= 0.6 is 0 Å². The Morgan fingerprint density at radius 3 is 1.25 bits per heavy atom. The molecule has 0 aliphatic carbocycles. The molecule has 59 heavy (non-hydrogen) atoms. The average Bonchev–Trinajstić information content (AvgIpc) is 3.20. The molecule has 0 aliphatic heterocycles. The first-order valence-electron chi connectivity index (χ1n) is 23.4. The Hall–Kier alpha value is -3.65. The monoisotopic (exact) mass is 822 g/mol. The van der Waals surface area contributed by atoms with E-state index < -0.39 is 18.1 Å². The first kappa shape index (κ1) is 53.4. The fourth-order valence-electron chi connectivity index (χ4n) is 6.97. The van der Waals surface area contributed by atoms with Crippen molar-refractivity contribution in [2.24, 2.45) is 0 Å². The van der Waals surface area contributed by atoms with Gasteiger partial charge < -0.3 is 24.6 Å². The van der Waals surface area contributed by atoms with E-state index in [2.05, 4.69) is 71.7 Å². The number of allylic oxidation sites excluding steroid dienone is 8. The second-order valence-electron chi connectivity index (χ2n) is 16.4. The fourth-order valence-corrected chi connectivity index (χ4v) is 6.97. The lowest BCUT2D eigenvalue weighted by molar-refractivity contribution is -0.138. The highest BCUT2D eigenvalue weighted by Gasteiger charge is 2.08. The summed E-state index contributed by atoms with van der Waals surface area (Å²) in [7, 11) is 4.01. The smallest absolute Gasteiger partial charge is 0.481 e. The number of hydrogen-bond donors (Lipinski definition) is 2. The van der Waals surface area contributed by atoms with Gasteiger partial charge in [0.2, 0.25) is 0 Å². The molecular weight excluding hydrogens is 739 g/mol. The van der Waals surface area contributed by atoms with Crippen LogP contribution in [0.2, 0.25) is 0 Å². The van der Waals surface area contributed by atoms with Crippen molar-refractivity contribution < 1.29 is 34.1 Å². The van der Waals surface area contributed by atoms with Crippen LogP contribution in [0, 0.1) is 0 Å². The van der Waals surface area contributed by atoms with Crippen molar-refractivity contribution in [1.29, 1.82) is 0 Å². The summed E-state index contributed by atoms with van der Waals surface area (Å²) in [6, 6.07) is 6.77. The molecule has 0 saturated heterocycles. The van der Waals surface area contributed by atoms with E-state index in [1.165, 1.54) is 75.3 Å². The van der Waals surface area contributed by atoms with Crippen LogP contribution < -0.4 is 0 Å². The number of ether oxygens (including phenoxy) is 2. The topological polar surface area (TPSA) is 113 Å². The highest BCUT2D eigenvalue weighted by molar-refractivity contribution is 5.66. The minimum atomic E-state index is -0.689. The molecule has 0 heterocycles. The molecule has 0 fully saturated rings. The van der Waals surface area contributed by atoms with Gasteiger partial charge in [-0.05, 0) is 140 Å². The molecule has 0 unspecified atom stereocenters. The lowest BCUT2D eigenvalue weighted by Crippen LogP contribution is -2.16. The molecule has 1 aromatic carbocycles. The molecule has 1 rings (SSSR count). The van der Waals surface area contributed by atoms with Gasteiger partial charge in [-0.25, -0.2) is 4.79 Å². The standard InChI is InChI=1S/C51H83NO7/c1-52(2)40-35-41-58-51(57)59-45-48-43-46(36-31-27-23-19-15-11-7-3-5-9-13-17-21-25-29-33-38-49(53)54)42-47(44-48)37-32-28-24-20-16-12-8-4-6-10-14-18-22-26-30-34-39-50(55)56/h5-12,42-44H,3-4,13-41,45H2,1-2H3,(H,53,54)(H,55,56). The number of carbonyl (C=O) groups excluding carboxylic acids is 1. The highest BCUT2D eigenvalue weighted by atomic mass is 16.7. The largest absolute Gasteiger partial charge is 0.508 e. The molecule has 0 atom stereocenters. The van der Waals surface area contributed by atoms with Crippen molar-refractivity contribution in [3.8, 4) is 0 Å². The molecule has 0 spiro atoms. The van der Waals surface area contributed by atoms with E-state index >= 15 is 0 Å². The van der Waals surface area contributed by atoms with Gasteiger partial charge in [0.15, 0.2) is 0 Å². The second-order valence-corrected chi connectivity index (χ2v) is 16.4. The summed E-state index contributed by atoms with van der Waals surface area (Å²) in [5, 5.41) is 17.4. The van der Waals surface area contributed by atoms with Gasteiger partial charge in [-0.15, -0.1) is 0 Å². The highest BCUT2D eigenvalue weighted by Crippen LogP contribution is 2.19. The number of unbranched alkanes of at least 4 members (excludes halogenated alkanes) is 18. The molecular formula is C51H83NO7. The van der Waals surface area contributed by atoms with Crippen LogP contribution in [0.25, 0.3) is 0 Å². The summed E-state index contributed by atoms with van der Waals surface area (Å²) in [6.07, 6.45) is 47.8. The predicted molar refractivity (Wildman–Crippen MR) is 245 cm³/mol. The van der Waals surface area contributed by atoms with Crippen LogP contribution in [-0.4, -0.2) is 60.5 Å². The molecule has 0 aromatic heterocycles. The van der Waals surface area contributed by atoms with E-state index in [0.717, 1.165) is 121 Å². The summed E-state index contributed by atoms with van der Waals surface area (Å²) >= 11 is 0. The lowest BCUT2D eigenvalue weighted by Gasteiger charge is -2.12. The first-order valence-corrected chi connectivity index (χ1v) is 23.4. The number of hydrogen-bond acceptors (Lipinski definition) is 6. The maximum atomic E-state index is 12.3. The van der Waals surface area contributed by atoms with Crippen molar-refractivity contribution >= 4 is 18.1 Å². The van der Waals surface area contributed by atoms with Crippen molar-refractivity contribution in [3.05, 3.63) is 83.5 Å². The van der Waals surface area contributed by atoms with Gasteiger partial charge in [0.25, 0.3) is 0 Å². The van der Waals surface area contributed by atoms with Crippen LogP contribution in [0.1, 0.15) is 190 Å². The minimum absolute atomic E-state index is 0.239. The molecule has 1 aromatic rings. The van der Waals surface area contributed by atoms with Crippen molar-refractivity contribution in [3.63, 3.8) is 0 Å². The van der Waals surface area contributed by atoms with Gasteiger partial charge in [0.05, 0.1) is 6.61 Å². The predicted octanol–water partition coefficient (Wildman–Crippen LogP) is 13.9. The molecule has 0 radical (unpaired) electrons. The Labute approximate surface area is 359 Å². The van der Waals surface area contributed by atoms with Gasteiger partial charge in [-0.2, -0.15) is 0 Å². The zero-order valence-corrected chi connectivity index (χ0v) is 37.4. The Kier molecular flexibility index (Phi) is 36.0. The Morgan fingerprint density at radius 2 is 0.847 bits per heavy atom. The van der Waals surface area contributed by atoms with E-state index in [1.54, 1.807) is 0 Å². The van der Waals surface area contributed by atoms with E-state index in [4.69, 9.17) is 19.7 Å². The van der Waals surface area contributed by atoms with Gasteiger partial charge >= 0.3 is 18.1 Å². The molecule has 8 nitrogen and oxygen atoms in total. The summed E-state index contributed by atoms with van der Waals surface area (Å²) in [4.78, 5) is 35.4. The van der Waals surface area contributed by atoms with Crippen molar-refractivity contribution in [1.82, 2.24) is 4.90 Å². The van der Waals surface area contributed by atoms with Crippen LogP contribution in [0.5, 0.6) is 0 Å². The quantitative estimate of drug-likeness (QED) is 0.0382. The number of benzene rings is 1. The average molecular weight is 822 g/mol. The van der Waals surface area contributed by atoms with Crippen LogP contribution in [0.3, 0.4) is 0 Å².